The first-order valence-corrected chi connectivity index (χ1v) is 11.3. The average molecular weight is 447 g/mol. The van der Waals surface area contributed by atoms with Gasteiger partial charge in [0.05, 0.1) is 12.2 Å². The van der Waals surface area contributed by atoms with Crippen molar-refractivity contribution in [2.75, 3.05) is 21.0 Å². The van der Waals surface area contributed by atoms with Gasteiger partial charge >= 0.3 is 6.18 Å². The van der Waals surface area contributed by atoms with Gasteiger partial charge in [0.1, 0.15) is 12.6 Å². The number of methoxy groups -OCH3 is 2. The van der Waals surface area contributed by atoms with Gasteiger partial charge in [-0.1, -0.05) is 26.8 Å². The summed E-state index contributed by atoms with van der Waals surface area (Å²) in [7, 11) is 3.25. The molecular weight excluding hydrogens is 409 g/mol. The maximum Gasteiger partial charge on any atom is 0.409 e. The molecule has 3 fully saturated rings. The molecule has 7 heteroatoms. The largest absolute Gasteiger partial charge is 0.409 e. The van der Waals surface area contributed by atoms with Crippen LogP contribution in [0, 0.1) is 34.0 Å². The van der Waals surface area contributed by atoms with Gasteiger partial charge in [0, 0.05) is 37.0 Å². The van der Waals surface area contributed by atoms with Crippen LogP contribution >= 0.6 is 0 Å². The Morgan fingerprint density at radius 3 is 2.35 bits per heavy atom. The topological polar surface area (TPSA) is 44.8 Å². The van der Waals surface area contributed by atoms with Crippen LogP contribution in [-0.2, 0) is 19.0 Å². The minimum Gasteiger partial charge on any atom is -0.381 e. The first-order chi connectivity index (χ1) is 14.4. The smallest absolute Gasteiger partial charge is 0.381 e. The van der Waals surface area contributed by atoms with E-state index in [9.17, 15) is 18.0 Å². The summed E-state index contributed by atoms with van der Waals surface area (Å²) < 4.78 is 56.6. The van der Waals surface area contributed by atoms with E-state index in [2.05, 4.69) is 13.8 Å². The summed E-state index contributed by atoms with van der Waals surface area (Å²) in [5.41, 5.74) is -1.91. The molecule has 8 atom stereocenters. The molecule has 3 aliphatic carbocycles. The highest BCUT2D eigenvalue weighted by molar-refractivity contribution is 5.89. The van der Waals surface area contributed by atoms with E-state index in [-0.39, 0.29) is 59.8 Å². The van der Waals surface area contributed by atoms with Crippen LogP contribution in [0.5, 0.6) is 0 Å². The molecule has 0 aromatic heterocycles. The van der Waals surface area contributed by atoms with Crippen molar-refractivity contribution in [3.8, 4) is 0 Å². The molecule has 4 nitrogen and oxygen atoms in total. The van der Waals surface area contributed by atoms with Crippen LogP contribution < -0.4 is 0 Å². The third-order valence-electron chi connectivity index (χ3n) is 9.11. The molecule has 3 saturated carbocycles. The molecule has 0 N–H and O–H groups in total. The van der Waals surface area contributed by atoms with Crippen LogP contribution in [0.15, 0.2) is 12.2 Å². The standard InChI is InChI=1S/C24H37F3O4/c1-15-7-9-23-10-8-17(30-6)19(23)22(15,4)18(31-14-29-5)13-21(3,20(28)16(23)2)11-12-24(25,26)27/h11-12,15-19H,7-10,13-14H2,1-6H3/t15-,16+,17-,18-,19?,21-,22+,23?/m1/s1. The highest BCUT2D eigenvalue weighted by Gasteiger charge is 2.68. The Bertz CT molecular complexity index is 707. The summed E-state index contributed by atoms with van der Waals surface area (Å²) in [5, 5.41) is 0. The van der Waals surface area contributed by atoms with Gasteiger partial charge in [-0.2, -0.15) is 13.2 Å². The Hall–Kier alpha value is -0.920. The summed E-state index contributed by atoms with van der Waals surface area (Å²) in [5.74, 6) is -0.0988. The monoisotopic (exact) mass is 446 g/mol. The van der Waals surface area contributed by atoms with E-state index in [1.165, 1.54) is 7.11 Å². The normalized spacial score (nSPS) is 46.1. The predicted octanol–water partition coefficient (Wildman–Crippen LogP) is 5.56. The van der Waals surface area contributed by atoms with Crippen LogP contribution in [0.2, 0.25) is 0 Å². The summed E-state index contributed by atoms with van der Waals surface area (Å²) >= 11 is 0. The lowest BCUT2D eigenvalue weighted by Crippen LogP contribution is -2.62. The van der Waals surface area contributed by atoms with Crippen molar-refractivity contribution in [2.24, 2.45) is 34.0 Å². The molecule has 0 heterocycles. The number of carbonyl (C=O) groups is 1. The lowest BCUT2D eigenvalue weighted by Gasteiger charge is -2.62. The predicted molar refractivity (Wildman–Crippen MR) is 111 cm³/mol. The van der Waals surface area contributed by atoms with Gasteiger partial charge in [0.25, 0.3) is 0 Å². The van der Waals surface area contributed by atoms with Crippen LogP contribution in [0.1, 0.15) is 59.8 Å². The van der Waals surface area contributed by atoms with Gasteiger partial charge in [-0.25, -0.2) is 0 Å². The molecule has 178 valence electrons. The second-order valence-corrected chi connectivity index (χ2v) is 10.5. The number of hydrogen-bond acceptors (Lipinski definition) is 4. The van der Waals surface area contributed by atoms with Gasteiger partial charge in [0.15, 0.2) is 0 Å². The number of hydrogen-bond donors (Lipinski definition) is 0. The molecule has 3 rings (SSSR count). The summed E-state index contributed by atoms with van der Waals surface area (Å²) in [4.78, 5) is 13.8. The number of carbonyl (C=O) groups excluding carboxylic acids is 1. The zero-order chi connectivity index (χ0) is 23.2. The lowest BCUT2D eigenvalue weighted by molar-refractivity contribution is -0.217. The third-order valence-corrected chi connectivity index (χ3v) is 9.11. The molecule has 0 aliphatic heterocycles. The van der Waals surface area contributed by atoms with Gasteiger partial charge in [0.2, 0.25) is 0 Å². The number of allylic oxidation sites excluding steroid dienone is 2. The number of alkyl halides is 3. The minimum atomic E-state index is -4.47. The maximum atomic E-state index is 13.8. The molecule has 2 unspecified atom stereocenters. The van der Waals surface area contributed by atoms with E-state index < -0.39 is 17.7 Å². The van der Waals surface area contributed by atoms with Crippen molar-refractivity contribution in [1.29, 1.82) is 0 Å². The fourth-order valence-electron chi connectivity index (χ4n) is 7.26. The first kappa shape index (κ1) is 24.7. The molecule has 0 aromatic carbocycles. The third kappa shape index (κ3) is 3.99. The lowest BCUT2D eigenvalue weighted by atomic mass is 9.44. The van der Waals surface area contributed by atoms with Gasteiger partial charge in [-0.15, -0.1) is 0 Å². The van der Waals surface area contributed by atoms with Gasteiger partial charge < -0.3 is 14.2 Å². The molecule has 0 saturated heterocycles. The van der Waals surface area contributed by atoms with Crippen molar-refractivity contribution in [3.63, 3.8) is 0 Å². The quantitative estimate of drug-likeness (QED) is 0.410. The molecule has 0 spiro atoms. The zero-order valence-electron chi connectivity index (χ0n) is 19.6. The molecule has 0 aromatic rings. The minimum absolute atomic E-state index is 0.00622. The molecule has 3 aliphatic rings. The van der Waals surface area contributed by atoms with E-state index in [0.29, 0.717) is 0 Å². The highest BCUT2D eigenvalue weighted by Crippen LogP contribution is 2.68. The van der Waals surface area contributed by atoms with Crippen molar-refractivity contribution in [3.05, 3.63) is 12.2 Å². The average Bonchev–Trinajstić information content (AvgIpc) is 3.11. The van der Waals surface area contributed by atoms with Crippen LogP contribution in [0.25, 0.3) is 0 Å². The number of ketones is 1. The molecule has 2 bridgehead atoms. The first-order valence-electron chi connectivity index (χ1n) is 11.3. The van der Waals surface area contributed by atoms with Gasteiger partial charge in [-0.05, 0) is 56.3 Å². The van der Waals surface area contributed by atoms with Crippen molar-refractivity contribution < 1.29 is 32.2 Å². The molecule has 0 amide bonds. The molecular formula is C24H37F3O4. The number of ether oxygens (including phenoxy) is 3. The number of Topliss-reactive ketones (excluding diaryl/α,β-unsaturated/α-hetero) is 1. The van der Waals surface area contributed by atoms with E-state index in [0.717, 1.165) is 31.8 Å². The van der Waals surface area contributed by atoms with Gasteiger partial charge in [-0.3, -0.25) is 4.79 Å². The maximum absolute atomic E-state index is 13.8. The Balaban J connectivity index is 2.19. The Labute approximate surface area is 183 Å². The Morgan fingerprint density at radius 2 is 1.77 bits per heavy atom. The van der Waals surface area contributed by atoms with E-state index in [4.69, 9.17) is 14.2 Å². The number of halogens is 3. The number of rotatable bonds is 5. The van der Waals surface area contributed by atoms with Crippen LogP contribution in [-0.4, -0.2) is 45.2 Å². The highest BCUT2D eigenvalue weighted by atomic mass is 19.4. The van der Waals surface area contributed by atoms with Crippen LogP contribution in [0.4, 0.5) is 13.2 Å². The van der Waals surface area contributed by atoms with E-state index >= 15 is 0 Å². The summed E-state index contributed by atoms with van der Waals surface area (Å²) in [6, 6.07) is 0. The fraction of sp³-hybridized carbons (Fsp3) is 0.875. The van der Waals surface area contributed by atoms with Crippen molar-refractivity contribution >= 4 is 5.78 Å². The molecule has 0 radical (unpaired) electrons. The second-order valence-electron chi connectivity index (χ2n) is 10.5. The van der Waals surface area contributed by atoms with E-state index in [1.54, 1.807) is 14.0 Å². The Kier molecular flexibility index (Phi) is 6.74. The zero-order valence-corrected chi connectivity index (χ0v) is 19.6. The van der Waals surface area contributed by atoms with Crippen molar-refractivity contribution in [1.82, 2.24) is 0 Å². The van der Waals surface area contributed by atoms with E-state index in [1.807, 2.05) is 6.92 Å². The van der Waals surface area contributed by atoms with Crippen molar-refractivity contribution in [2.45, 2.75) is 78.2 Å². The summed E-state index contributed by atoms with van der Waals surface area (Å²) in [6.45, 7) is 8.01. The summed E-state index contributed by atoms with van der Waals surface area (Å²) in [6.07, 6.45) is 0.133. The fourth-order valence-corrected chi connectivity index (χ4v) is 7.26. The second kappa shape index (κ2) is 8.45. The van der Waals surface area contributed by atoms with Crippen LogP contribution in [0.3, 0.4) is 0 Å². The molecule has 31 heavy (non-hydrogen) atoms. The Morgan fingerprint density at radius 1 is 1.13 bits per heavy atom. The SMILES string of the molecule is COCO[C@@H]1C[C@@](C)(C=CC(F)(F)F)C(=O)[C@H](C)C23CC[C@@H](C)[C@]1(C)C2[C@H](OC)CC3.